The van der Waals surface area contributed by atoms with Crippen LogP contribution in [-0.4, -0.2) is 19.3 Å². The van der Waals surface area contributed by atoms with Gasteiger partial charge in [0, 0.05) is 0 Å². The number of phosphoric acid groups is 1. The van der Waals surface area contributed by atoms with Crippen molar-refractivity contribution in [2.45, 2.75) is 19.3 Å². The maximum Gasteiger partial charge on any atom is 0.475 e. The van der Waals surface area contributed by atoms with Gasteiger partial charge < -0.3 is 4.74 Å². The van der Waals surface area contributed by atoms with Crippen LogP contribution in [0.1, 0.15) is 11.1 Å². The van der Waals surface area contributed by atoms with E-state index in [2.05, 4.69) is 0 Å². The Balaban J connectivity index is 1.59. The van der Waals surface area contributed by atoms with Crippen LogP contribution in [0.5, 0.6) is 0 Å². The fourth-order valence-corrected chi connectivity index (χ4v) is 3.09. The first-order chi connectivity index (χ1) is 11.2. The van der Waals surface area contributed by atoms with E-state index in [1.807, 2.05) is 60.7 Å². The van der Waals surface area contributed by atoms with Crippen molar-refractivity contribution in [1.29, 1.82) is 0 Å². The van der Waals surface area contributed by atoms with Crippen LogP contribution in [0.3, 0.4) is 0 Å². The van der Waals surface area contributed by atoms with Crippen molar-refractivity contribution in [2.75, 3.05) is 13.2 Å². The van der Waals surface area contributed by atoms with Crippen LogP contribution in [0, 0.1) is 0 Å². The van der Waals surface area contributed by atoms with E-state index in [0.717, 1.165) is 11.1 Å². The molecule has 1 atom stereocenters. The lowest BCUT2D eigenvalue weighted by Gasteiger charge is -2.18. The highest BCUT2D eigenvalue weighted by Gasteiger charge is 2.32. The summed E-state index contributed by atoms with van der Waals surface area (Å²) in [6.07, 6.45) is -0.0102. The highest BCUT2D eigenvalue weighted by Crippen LogP contribution is 2.51. The van der Waals surface area contributed by atoms with Crippen molar-refractivity contribution in [3.8, 4) is 0 Å². The molecule has 6 heteroatoms. The molecule has 5 nitrogen and oxygen atoms in total. The molecular weight excluding hydrogens is 315 g/mol. The molecule has 1 heterocycles. The highest BCUT2D eigenvalue weighted by molar-refractivity contribution is 7.48. The van der Waals surface area contributed by atoms with E-state index in [9.17, 15) is 4.57 Å². The molecule has 0 unspecified atom stereocenters. The van der Waals surface area contributed by atoms with Crippen LogP contribution >= 0.6 is 7.82 Å². The molecule has 23 heavy (non-hydrogen) atoms. The van der Waals surface area contributed by atoms with E-state index in [4.69, 9.17) is 18.3 Å². The summed E-state index contributed by atoms with van der Waals surface area (Å²) in [4.78, 5) is 0. The van der Waals surface area contributed by atoms with Crippen molar-refractivity contribution >= 4 is 7.82 Å². The van der Waals surface area contributed by atoms with Crippen molar-refractivity contribution in [1.82, 2.24) is 0 Å². The van der Waals surface area contributed by atoms with Crippen molar-refractivity contribution in [3.05, 3.63) is 71.8 Å². The maximum atomic E-state index is 12.8. The third-order valence-electron chi connectivity index (χ3n) is 3.29. The number of phosphoric ester groups is 1. The molecule has 0 aromatic heterocycles. The summed E-state index contributed by atoms with van der Waals surface area (Å²) in [5, 5.41) is 0. The van der Waals surface area contributed by atoms with Crippen molar-refractivity contribution in [2.24, 2.45) is 0 Å². The Morgan fingerprint density at radius 2 is 1.35 bits per heavy atom. The average Bonchev–Trinajstić information content (AvgIpc) is 3.43. The molecule has 1 aliphatic heterocycles. The van der Waals surface area contributed by atoms with Gasteiger partial charge in [-0.2, -0.15) is 0 Å². The molecule has 0 amide bonds. The first-order valence-electron chi connectivity index (χ1n) is 7.47. The standard InChI is InChI=1S/C17H19O5P/c18-23(22-14-17-13-19-17,20-11-15-7-3-1-4-8-15)21-12-16-9-5-2-6-10-16/h1-10,17H,11-14H2/t17-/m0/s1. The summed E-state index contributed by atoms with van der Waals surface area (Å²) in [5.41, 5.74) is 1.81. The van der Waals surface area contributed by atoms with Crippen LogP contribution in [-0.2, 0) is 36.1 Å². The van der Waals surface area contributed by atoms with Crippen LogP contribution in [0.4, 0.5) is 0 Å². The number of epoxide rings is 1. The maximum absolute atomic E-state index is 12.8. The van der Waals surface area contributed by atoms with Gasteiger partial charge >= 0.3 is 7.82 Å². The summed E-state index contributed by atoms with van der Waals surface area (Å²) in [7, 11) is -3.64. The van der Waals surface area contributed by atoms with Crippen molar-refractivity contribution < 1.29 is 22.9 Å². The van der Waals surface area contributed by atoms with Gasteiger partial charge in [0.05, 0.1) is 26.4 Å². The van der Waals surface area contributed by atoms with E-state index in [-0.39, 0.29) is 25.9 Å². The molecule has 0 bridgehead atoms. The number of hydrogen-bond acceptors (Lipinski definition) is 5. The first-order valence-corrected chi connectivity index (χ1v) is 8.93. The average molecular weight is 334 g/mol. The van der Waals surface area contributed by atoms with Crippen molar-refractivity contribution in [3.63, 3.8) is 0 Å². The van der Waals surface area contributed by atoms with Gasteiger partial charge in [0.1, 0.15) is 6.10 Å². The van der Waals surface area contributed by atoms with E-state index in [0.29, 0.717) is 6.61 Å². The quantitative estimate of drug-likeness (QED) is 0.513. The van der Waals surface area contributed by atoms with Gasteiger partial charge in [-0.3, -0.25) is 13.6 Å². The summed E-state index contributed by atoms with van der Waals surface area (Å²) in [6, 6.07) is 19.0. The monoisotopic (exact) mass is 334 g/mol. The van der Waals surface area contributed by atoms with Gasteiger partial charge in [0.15, 0.2) is 0 Å². The van der Waals surface area contributed by atoms with Gasteiger partial charge in [0.25, 0.3) is 0 Å². The second-order valence-corrected chi connectivity index (χ2v) is 6.89. The molecule has 1 saturated heterocycles. The molecule has 0 aliphatic carbocycles. The molecule has 3 rings (SSSR count). The Morgan fingerprint density at radius 1 is 0.870 bits per heavy atom. The Labute approximate surface area is 135 Å². The molecule has 122 valence electrons. The molecule has 1 aliphatic rings. The minimum Gasteiger partial charge on any atom is -0.371 e. The topological polar surface area (TPSA) is 57.3 Å². The lowest BCUT2D eigenvalue weighted by molar-refractivity contribution is 0.0970. The Hall–Kier alpha value is -1.49. The van der Waals surface area contributed by atoms with E-state index in [1.54, 1.807) is 0 Å². The smallest absolute Gasteiger partial charge is 0.371 e. The van der Waals surface area contributed by atoms with Gasteiger partial charge in [-0.15, -0.1) is 0 Å². The lowest BCUT2D eigenvalue weighted by Crippen LogP contribution is -2.05. The first kappa shape index (κ1) is 16.4. The third kappa shape index (κ3) is 5.57. The molecule has 0 saturated carbocycles. The lowest BCUT2D eigenvalue weighted by atomic mass is 10.2. The molecular formula is C17H19O5P. The summed E-state index contributed by atoms with van der Waals surface area (Å²) in [6.45, 7) is 1.16. The fourth-order valence-electron chi connectivity index (χ4n) is 1.91. The Morgan fingerprint density at radius 3 is 1.78 bits per heavy atom. The second kappa shape index (κ2) is 7.86. The highest BCUT2D eigenvalue weighted by atomic mass is 31.2. The van der Waals surface area contributed by atoms with E-state index >= 15 is 0 Å². The molecule has 0 radical (unpaired) electrons. The second-order valence-electron chi connectivity index (χ2n) is 5.22. The van der Waals surface area contributed by atoms with Gasteiger partial charge in [0.2, 0.25) is 0 Å². The number of benzene rings is 2. The minimum absolute atomic E-state index is 0.0102. The Bertz CT molecular complexity index is 595. The fraction of sp³-hybridized carbons (Fsp3) is 0.294. The van der Waals surface area contributed by atoms with Crippen LogP contribution in [0.2, 0.25) is 0 Å². The number of rotatable bonds is 9. The predicted octanol–water partition coefficient (Wildman–Crippen LogP) is 3.94. The Kier molecular flexibility index (Phi) is 5.60. The normalized spacial score (nSPS) is 17.1. The summed E-state index contributed by atoms with van der Waals surface area (Å²) < 4.78 is 34.2. The van der Waals surface area contributed by atoms with E-state index in [1.165, 1.54) is 0 Å². The zero-order valence-electron chi connectivity index (χ0n) is 12.7. The largest absolute Gasteiger partial charge is 0.475 e. The van der Waals surface area contributed by atoms with Gasteiger partial charge in [-0.25, -0.2) is 4.57 Å². The van der Waals surface area contributed by atoms with E-state index < -0.39 is 7.82 Å². The molecule has 0 spiro atoms. The van der Waals surface area contributed by atoms with Crippen LogP contribution in [0.15, 0.2) is 60.7 Å². The van der Waals surface area contributed by atoms with Crippen LogP contribution < -0.4 is 0 Å². The molecule has 1 fully saturated rings. The van der Waals surface area contributed by atoms with Gasteiger partial charge in [-0.05, 0) is 11.1 Å². The number of hydrogen-bond donors (Lipinski definition) is 0. The zero-order valence-corrected chi connectivity index (χ0v) is 13.6. The minimum atomic E-state index is -3.64. The van der Waals surface area contributed by atoms with Crippen LogP contribution in [0.25, 0.3) is 0 Å². The summed E-state index contributed by atoms with van der Waals surface area (Å²) in [5.74, 6) is 0. The third-order valence-corrected chi connectivity index (χ3v) is 4.64. The number of ether oxygens (including phenoxy) is 1. The predicted molar refractivity (Wildman–Crippen MR) is 85.8 cm³/mol. The summed E-state index contributed by atoms with van der Waals surface area (Å²) >= 11 is 0. The van der Waals surface area contributed by atoms with Gasteiger partial charge in [-0.1, -0.05) is 60.7 Å². The molecule has 2 aromatic rings. The zero-order chi connectivity index (χ0) is 16.0. The molecule has 0 N–H and O–H groups in total. The SMILES string of the molecule is O=P(OCc1ccccc1)(OCc1ccccc1)OC[C@@H]1CO1. The molecule has 2 aromatic carbocycles.